The van der Waals surface area contributed by atoms with Crippen molar-refractivity contribution in [2.24, 2.45) is 5.92 Å². The number of halogens is 6. The van der Waals surface area contributed by atoms with Crippen molar-refractivity contribution < 1.29 is 50.5 Å². The molecule has 0 amide bonds. The molecule has 1 unspecified atom stereocenters. The minimum Gasteiger partial charge on any atom is -0.497 e. The second-order valence-corrected chi connectivity index (χ2v) is 9.53. The molecule has 0 radical (unpaired) electrons. The fourth-order valence-electron chi connectivity index (χ4n) is 4.55. The highest BCUT2D eigenvalue weighted by Crippen LogP contribution is 2.45. The number of benzene rings is 3. The largest absolute Gasteiger partial charge is 0.573 e. The molecular weight excluding hydrogens is 556 g/mol. The van der Waals surface area contributed by atoms with Gasteiger partial charge in [0.15, 0.2) is 6.10 Å². The molecular formula is C29H25F6NO5. The zero-order valence-corrected chi connectivity index (χ0v) is 22.0. The zero-order chi connectivity index (χ0) is 30.1. The van der Waals surface area contributed by atoms with E-state index in [1.54, 1.807) is 13.8 Å². The van der Waals surface area contributed by atoms with Gasteiger partial charge in [-0.25, -0.2) is 4.79 Å². The van der Waals surface area contributed by atoms with Gasteiger partial charge in [0.1, 0.15) is 22.9 Å². The van der Waals surface area contributed by atoms with Crippen molar-refractivity contribution in [2.75, 3.05) is 7.11 Å². The lowest BCUT2D eigenvalue weighted by molar-refractivity contribution is -0.274. The van der Waals surface area contributed by atoms with E-state index in [2.05, 4.69) is 4.74 Å². The van der Waals surface area contributed by atoms with Crippen molar-refractivity contribution in [3.8, 4) is 28.4 Å². The molecule has 0 aliphatic heterocycles. The van der Waals surface area contributed by atoms with Crippen molar-refractivity contribution in [3.05, 3.63) is 78.0 Å². The van der Waals surface area contributed by atoms with Crippen molar-refractivity contribution >= 4 is 16.9 Å². The van der Waals surface area contributed by atoms with E-state index in [0.29, 0.717) is 11.3 Å². The van der Waals surface area contributed by atoms with Crippen molar-refractivity contribution in [1.29, 1.82) is 0 Å². The molecule has 218 valence electrons. The van der Waals surface area contributed by atoms with Crippen LogP contribution in [0.5, 0.6) is 17.2 Å². The smallest absolute Gasteiger partial charge is 0.497 e. The van der Waals surface area contributed by atoms with Crippen LogP contribution in [0.4, 0.5) is 26.3 Å². The number of aliphatic carboxylic acids is 1. The molecule has 0 aliphatic rings. The van der Waals surface area contributed by atoms with Crippen LogP contribution in [0.1, 0.15) is 25.1 Å². The Kier molecular flexibility index (Phi) is 8.14. The molecule has 6 nitrogen and oxygen atoms in total. The Hall–Kier alpha value is -4.35. The highest BCUT2D eigenvalue weighted by atomic mass is 19.4. The van der Waals surface area contributed by atoms with E-state index in [0.717, 1.165) is 22.8 Å². The Morgan fingerprint density at radius 2 is 1.56 bits per heavy atom. The predicted molar refractivity (Wildman–Crippen MR) is 138 cm³/mol. The van der Waals surface area contributed by atoms with Crippen molar-refractivity contribution in [2.45, 2.75) is 39.0 Å². The van der Waals surface area contributed by atoms with Crippen LogP contribution in [-0.2, 0) is 17.5 Å². The fourth-order valence-corrected chi connectivity index (χ4v) is 4.55. The summed E-state index contributed by atoms with van der Waals surface area (Å²) in [5.41, 5.74) is -1.00. The first kappa shape index (κ1) is 29.6. The molecule has 4 aromatic rings. The molecule has 0 saturated carbocycles. The van der Waals surface area contributed by atoms with Crippen LogP contribution in [0.15, 0.2) is 66.7 Å². The molecule has 0 fully saturated rings. The molecule has 1 aromatic heterocycles. The third-order valence-electron chi connectivity index (χ3n) is 6.27. The van der Waals surface area contributed by atoms with Gasteiger partial charge in [0, 0.05) is 29.5 Å². The minimum atomic E-state index is -5.06. The maximum absolute atomic E-state index is 14.7. The van der Waals surface area contributed by atoms with Crippen LogP contribution in [0.25, 0.3) is 22.0 Å². The first-order valence-corrected chi connectivity index (χ1v) is 12.3. The standard InChI is InChI=1S/C29H25F6NO5/c1-16(2)25(27(37)38)40-20-6-4-5-17(13-20)15-36-23-14-21(41-29(33,34)35)11-12-22(23)24(26(36)28(30,31)32)18-7-9-19(39-3)10-8-18/h4-14,16,25H,15H2,1-3H3,(H,37,38). The summed E-state index contributed by atoms with van der Waals surface area (Å²) in [4.78, 5) is 11.6. The fraction of sp³-hybridized carbons (Fsp3) is 0.276. The summed E-state index contributed by atoms with van der Waals surface area (Å²) < 4.78 is 98.7. The number of ether oxygens (including phenoxy) is 3. The number of carboxylic acid groups (broad SMARTS) is 1. The number of hydrogen-bond donors (Lipinski definition) is 1. The monoisotopic (exact) mass is 581 g/mol. The van der Waals surface area contributed by atoms with Gasteiger partial charge in [-0.05, 0) is 47.5 Å². The van der Waals surface area contributed by atoms with E-state index in [1.807, 2.05) is 0 Å². The molecule has 0 aliphatic carbocycles. The first-order valence-electron chi connectivity index (χ1n) is 12.3. The van der Waals surface area contributed by atoms with E-state index < -0.39 is 48.5 Å². The maximum atomic E-state index is 14.7. The average Bonchev–Trinajstić information content (AvgIpc) is 3.20. The second kappa shape index (κ2) is 11.3. The zero-order valence-electron chi connectivity index (χ0n) is 22.0. The van der Waals surface area contributed by atoms with Gasteiger partial charge in [-0.3, -0.25) is 0 Å². The Morgan fingerprint density at radius 3 is 2.12 bits per heavy atom. The van der Waals surface area contributed by atoms with Crippen LogP contribution in [0.2, 0.25) is 0 Å². The number of nitrogens with zero attached hydrogens (tertiary/aromatic N) is 1. The molecule has 3 aromatic carbocycles. The lowest BCUT2D eigenvalue weighted by Crippen LogP contribution is -2.32. The van der Waals surface area contributed by atoms with Crippen LogP contribution in [0.3, 0.4) is 0 Å². The number of carbonyl (C=O) groups is 1. The van der Waals surface area contributed by atoms with Gasteiger partial charge in [-0.1, -0.05) is 38.1 Å². The van der Waals surface area contributed by atoms with Gasteiger partial charge in [0.25, 0.3) is 0 Å². The maximum Gasteiger partial charge on any atom is 0.573 e. The van der Waals surface area contributed by atoms with Gasteiger partial charge < -0.3 is 23.9 Å². The lowest BCUT2D eigenvalue weighted by atomic mass is 10.0. The van der Waals surface area contributed by atoms with Gasteiger partial charge in [0.2, 0.25) is 0 Å². The Labute approximate surface area is 230 Å². The highest BCUT2D eigenvalue weighted by Gasteiger charge is 2.40. The van der Waals surface area contributed by atoms with Gasteiger partial charge in [0.05, 0.1) is 12.6 Å². The quantitative estimate of drug-likeness (QED) is 0.205. The molecule has 1 atom stereocenters. The normalized spacial score (nSPS) is 12.9. The Bertz CT molecular complexity index is 1540. The molecule has 4 rings (SSSR count). The average molecular weight is 582 g/mol. The molecule has 12 heteroatoms. The molecule has 1 heterocycles. The molecule has 1 N–H and O–H groups in total. The topological polar surface area (TPSA) is 69.9 Å². The number of fused-ring (bicyclic) bond motifs is 1. The third-order valence-corrected chi connectivity index (χ3v) is 6.27. The van der Waals surface area contributed by atoms with Gasteiger partial charge >= 0.3 is 18.5 Å². The number of rotatable bonds is 9. The van der Waals surface area contributed by atoms with Crippen molar-refractivity contribution in [3.63, 3.8) is 0 Å². The molecule has 41 heavy (non-hydrogen) atoms. The van der Waals surface area contributed by atoms with Crippen LogP contribution < -0.4 is 14.2 Å². The number of carboxylic acids is 1. The highest BCUT2D eigenvalue weighted by molar-refractivity contribution is 5.99. The summed E-state index contributed by atoms with van der Waals surface area (Å²) in [5, 5.41) is 9.50. The van der Waals surface area contributed by atoms with E-state index in [9.17, 15) is 36.2 Å². The van der Waals surface area contributed by atoms with Crippen LogP contribution in [0, 0.1) is 5.92 Å². The summed E-state index contributed by atoms with van der Waals surface area (Å²) >= 11 is 0. The van der Waals surface area contributed by atoms with Gasteiger partial charge in [-0.15, -0.1) is 13.2 Å². The number of alkyl halides is 6. The SMILES string of the molecule is COc1ccc(-c2c(C(F)(F)F)n(Cc3cccc(OC(C(=O)O)C(C)C)c3)c3cc(OC(F)(F)F)ccc23)cc1. The van der Waals surface area contributed by atoms with Crippen LogP contribution in [-0.4, -0.2) is 35.2 Å². The predicted octanol–water partition coefficient (Wildman–Crippen LogP) is 7.77. The molecule has 0 bridgehead atoms. The van der Waals surface area contributed by atoms with E-state index in [4.69, 9.17) is 9.47 Å². The second-order valence-electron chi connectivity index (χ2n) is 9.53. The minimum absolute atomic E-state index is 0.0511. The van der Waals surface area contributed by atoms with E-state index >= 15 is 0 Å². The summed E-state index contributed by atoms with van der Waals surface area (Å²) in [6, 6.07) is 14.7. The Balaban J connectivity index is 1.91. The third kappa shape index (κ3) is 6.69. The number of aromatic nitrogens is 1. The van der Waals surface area contributed by atoms with E-state index in [1.165, 1.54) is 55.6 Å². The lowest BCUT2D eigenvalue weighted by Gasteiger charge is -2.19. The summed E-state index contributed by atoms with van der Waals surface area (Å²) in [7, 11) is 1.40. The van der Waals surface area contributed by atoms with Gasteiger partial charge in [-0.2, -0.15) is 13.2 Å². The van der Waals surface area contributed by atoms with Crippen LogP contribution >= 0.6 is 0 Å². The number of hydrogen-bond acceptors (Lipinski definition) is 4. The first-order chi connectivity index (χ1) is 19.2. The number of methoxy groups -OCH3 is 1. The molecule has 0 spiro atoms. The summed E-state index contributed by atoms with van der Waals surface area (Å²) in [5.74, 6) is -1.77. The van der Waals surface area contributed by atoms with Crippen molar-refractivity contribution in [1.82, 2.24) is 4.57 Å². The van der Waals surface area contributed by atoms with E-state index in [-0.39, 0.29) is 27.8 Å². The molecule has 0 saturated heterocycles. The Morgan fingerprint density at radius 1 is 0.902 bits per heavy atom. The summed E-state index contributed by atoms with van der Waals surface area (Å²) in [6.45, 7) is 2.87. The summed E-state index contributed by atoms with van der Waals surface area (Å²) in [6.07, 6.45) is -11.2.